The van der Waals surface area contributed by atoms with Crippen molar-refractivity contribution in [2.75, 3.05) is 19.6 Å². The van der Waals surface area contributed by atoms with Crippen molar-refractivity contribution in [3.05, 3.63) is 36.5 Å². The molecule has 2 amide bonds. The normalized spacial score (nSPS) is 11.8. The smallest absolute Gasteiger partial charge is 0.222 e. The number of Topliss-reactive ketones (excluding diaryl/α,β-unsaturated/α-hetero) is 1. The fraction of sp³-hybridized carbons (Fsp3) is 0.809. The molecule has 302 valence electrons. The van der Waals surface area contributed by atoms with Crippen molar-refractivity contribution < 1.29 is 14.4 Å². The molecule has 0 aliphatic rings. The maximum Gasteiger partial charge on any atom is 0.222 e. The van der Waals surface area contributed by atoms with Crippen LogP contribution in [0.15, 0.2) is 36.5 Å². The molecule has 0 aliphatic carbocycles. The summed E-state index contributed by atoms with van der Waals surface area (Å²) in [6.45, 7) is 8.25. The van der Waals surface area contributed by atoms with E-state index in [4.69, 9.17) is 0 Å². The summed E-state index contributed by atoms with van der Waals surface area (Å²) in [5, 5.41) is 3.06. The lowest BCUT2D eigenvalue weighted by molar-refractivity contribution is -0.131. The molecule has 0 saturated carbocycles. The highest BCUT2D eigenvalue weighted by Crippen LogP contribution is 2.13. The minimum atomic E-state index is 0.113. The van der Waals surface area contributed by atoms with Crippen LogP contribution in [0.5, 0.6) is 0 Å². The Labute approximate surface area is 323 Å². The van der Waals surface area contributed by atoms with Gasteiger partial charge in [-0.1, -0.05) is 160 Å². The van der Waals surface area contributed by atoms with Crippen molar-refractivity contribution in [3.63, 3.8) is 0 Å². The zero-order valence-electron chi connectivity index (χ0n) is 34.9. The first-order valence-corrected chi connectivity index (χ1v) is 22.6. The average Bonchev–Trinajstić information content (AvgIpc) is 3.14. The number of hydrogen-bond acceptors (Lipinski definition) is 3. The molecule has 0 atom stereocenters. The number of carbonyl (C=O) groups is 3. The van der Waals surface area contributed by atoms with E-state index in [0.29, 0.717) is 45.3 Å². The third kappa shape index (κ3) is 37.6. The van der Waals surface area contributed by atoms with E-state index in [9.17, 15) is 14.4 Å². The van der Waals surface area contributed by atoms with Crippen LogP contribution in [0.4, 0.5) is 0 Å². The van der Waals surface area contributed by atoms with Crippen molar-refractivity contribution >= 4 is 17.6 Å². The number of nitrogens with one attached hydrogen (secondary N) is 1. The SMILES string of the molecule is CC/C=C/CC(=O)CCN(CCCNC(=O)CCCCCCC/C=C/CCCCCCCC)C(=O)CCCCCCC/C=C/CCCCCCCC. The van der Waals surface area contributed by atoms with Gasteiger partial charge < -0.3 is 10.2 Å². The van der Waals surface area contributed by atoms with Crippen molar-refractivity contribution in [1.82, 2.24) is 10.2 Å². The molecule has 0 heterocycles. The van der Waals surface area contributed by atoms with Gasteiger partial charge in [0.1, 0.15) is 5.78 Å². The van der Waals surface area contributed by atoms with Crippen LogP contribution in [-0.4, -0.2) is 42.1 Å². The molecule has 0 aromatic heterocycles. The Bertz CT molecular complexity index is 893. The molecule has 0 fully saturated rings. The molecule has 0 saturated heterocycles. The van der Waals surface area contributed by atoms with E-state index in [1.54, 1.807) is 0 Å². The third-order valence-corrected chi connectivity index (χ3v) is 10.0. The lowest BCUT2D eigenvalue weighted by Crippen LogP contribution is -2.35. The van der Waals surface area contributed by atoms with Gasteiger partial charge in [0.2, 0.25) is 11.8 Å². The Kier molecular flexibility index (Phi) is 39.8. The minimum Gasteiger partial charge on any atom is -0.356 e. The monoisotopic (exact) mass is 727 g/mol. The third-order valence-electron chi connectivity index (χ3n) is 10.0. The number of rotatable bonds is 40. The molecule has 0 radical (unpaired) electrons. The maximum absolute atomic E-state index is 13.1. The van der Waals surface area contributed by atoms with Crippen LogP contribution in [0.2, 0.25) is 0 Å². The van der Waals surface area contributed by atoms with E-state index in [1.807, 2.05) is 17.1 Å². The summed E-state index contributed by atoms with van der Waals surface area (Å²) >= 11 is 0. The molecule has 0 aromatic rings. The van der Waals surface area contributed by atoms with Gasteiger partial charge in [-0.3, -0.25) is 14.4 Å². The summed E-state index contributed by atoms with van der Waals surface area (Å²) in [6, 6.07) is 0. The highest BCUT2D eigenvalue weighted by Gasteiger charge is 2.14. The van der Waals surface area contributed by atoms with E-state index >= 15 is 0 Å². The van der Waals surface area contributed by atoms with Crippen molar-refractivity contribution in [1.29, 1.82) is 0 Å². The van der Waals surface area contributed by atoms with Crippen molar-refractivity contribution in [2.45, 2.75) is 226 Å². The molecule has 0 bridgehead atoms. The largest absolute Gasteiger partial charge is 0.356 e. The number of nitrogens with zero attached hydrogens (tertiary/aromatic N) is 1. The molecule has 0 unspecified atom stereocenters. The van der Waals surface area contributed by atoms with Gasteiger partial charge in [0, 0.05) is 45.3 Å². The lowest BCUT2D eigenvalue weighted by Gasteiger charge is -2.23. The molecule has 1 N–H and O–H groups in total. The average molecular weight is 727 g/mol. The van der Waals surface area contributed by atoms with Gasteiger partial charge in [-0.2, -0.15) is 0 Å². The van der Waals surface area contributed by atoms with Crippen LogP contribution in [0.1, 0.15) is 226 Å². The van der Waals surface area contributed by atoms with Gasteiger partial charge in [0.15, 0.2) is 0 Å². The first kappa shape index (κ1) is 49.8. The number of allylic oxidation sites excluding steroid dienone is 6. The molecule has 0 aliphatic heterocycles. The summed E-state index contributed by atoms with van der Waals surface area (Å²) in [5.74, 6) is 0.438. The Morgan fingerprint density at radius 2 is 0.885 bits per heavy atom. The van der Waals surface area contributed by atoms with Gasteiger partial charge >= 0.3 is 0 Å². The molecule has 0 rings (SSSR count). The molecule has 52 heavy (non-hydrogen) atoms. The van der Waals surface area contributed by atoms with E-state index in [0.717, 1.165) is 44.9 Å². The summed E-state index contributed by atoms with van der Waals surface area (Å²) in [7, 11) is 0. The van der Waals surface area contributed by atoms with Crippen molar-refractivity contribution in [2.24, 2.45) is 0 Å². The van der Waals surface area contributed by atoms with Gasteiger partial charge in [0.25, 0.3) is 0 Å². The van der Waals surface area contributed by atoms with Crippen LogP contribution >= 0.6 is 0 Å². The molecule has 0 aromatic carbocycles. The van der Waals surface area contributed by atoms with E-state index in [1.165, 1.54) is 135 Å². The maximum atomic E-state index is 13.1. The number of carbonyl (C=O) groups excluding carboxylic acids is 3. The highest BCUT2D eigenvalue weighted by atomic mass is 16.2. The van der Waals surface area contributed by atoms with Gasteiger partial charge in [-0.05, 0) is 77.0 Å². The second-order valence-electron chi connectivity index (χ2n) is 15.1. The second kappa shape index (κ2) is 41.6. The fourth-order valence-electron chi connectivity index (χ4n) is 6.55. The first-order valence-electron chi connectivity index (χ1n) is 22.6. The van der Waals surface area contributed by atoms with Gasteiger partial charge in [-0.15, -0.1) is 0 Å². The highest BCUT2D eigenvalue weighted by molar-refractivity contribution is 5.81. The number of unbranched alkanes of at least 4 members (excludes halogenated alkanes) is 22. The Morgan fingerprint density at radius 3 is 1.37 bits per heavy atom. The number of hydrogen-bond donors (Lipinski definition) is 1. The summed E-state index contributed by atoms with van der Waals surface area (Å²) < 4.78 is 0. The van der Waals surface area contributed by atoms with Crippen LogP contribution in [-0.2, 0) is 14.4 Å². The fourth-order valence-corrected chi connectivity index (χ4v) is 6.55. The molecular formula is C47H86N2O3. The summed E-state index contributed by atoms with van der Waals surface area (Å²) in [4.78, 5) is 39.8. The second-order valence-corrected chi connectivity index (χ2v) is 15.1. The molecular weight excluding hydrogens is 641 g/mol. The molecule has 5 nitrogen and oxygen atoms in total. The number of ketones is 1. The van der Waals surface area contributed by atoms with Gasteiger partial charge in [0.05, 0.1) is 0 Å². The zero-order valence-corrected chi connectivity index (χ0v) is 34.9. The Morgan fingerprint density at radius 1 is 0.442 bits per heavy atom. The predicted molar refractivity (Wildman–Crippen MR) is 227 cm³/mol. The van der Waals surface area contributed by atoms with Gasteiger partial charge in [-0.25, -0.2) is 0 Å². The Balaban J connectivity index is 4.13. The van der Waals surface area contributed by atoms with Crippen LogP contribution in [0.25, 0.3) is 0 Å². The van der Waals surface area contributed by atoms with Crippen LogP contribution < -0.4 is 5.32 Å². The lowest BCUT2D eigenvalue weighted by atomic mass is 10.1. The topological polar surface area (TPSA) is 66.5 Å². The Hall–Kier alpha value is -2.17. The minimum absolute atomic E-state index is 0.113. The summed E-state index contributed by atoms with van der Waals surface area (Å²) in [5.41, 5.74) is 0. The summed E-state index contributed by atoms with van der Waals surface area (Å²) in [6.07, 6.45) is 49.4. The molecule has 0 spiro atoms. The van der Waals surface area contributed by atoms with E-state index < -0.39 is 0 Å². The predicted octanol–water partition coefficient (Wildman–Crippen LogP) is 13.7. The quantitative estimate of drug-likeness (QED) is 0.0505. The number of amides is 2. The van der Waals surface area contributed by atoms with Crippen LogP contribution in [0.3, 0.4) is 0 Å². The first-order chi connectivity index (χ1) is 25.5. The molecule has 5 heteroatoms. The van der Waals surface area contributed by atoms with Crippen LogP contribution in [0, 0.1) is 0 Å². The van der Waals surface area contributed by atoms with Crippen molar-refractivity contribution in [3.8, 4) is 0 Å². The zero-order chi connectivity index (χ0) is 38.0. The van der Waals surface area contributed by atoms with E-state index in [-0.39, 0.29) is 17.6 Å². The standard InChI is InChI=1S/C47H86N2O3/c1-4-7-10-12-14-16-18-20-22-24-26-28-30-32-35-39-46(51)48-42-37-43-49(44-41-45(50)38-34-9-6-3)47(52)40-36-33-31-29-27-25-23-21-19-17-15-13-11-8-5-2/h9,20-23,34H,4-8,10-19,24-33,35-44H2,1-3H3,(H,48,51)/b22-20+,23-21+,34-9+. The van der Waals surface area contributed by atoms with E-state index in [2.05, 4.69) is 50.4 Å².